The van der Waals surface area contributed by atoms with Crippen molar-refractivity contribution in [3.05, 3.63) is 98.4 Å². The van der Waals surface area contributed by atoms with Gasteiger partial charge in [-0.15, -0.1) is 0 Å². The van der Waals surface area contributed by atoms with Gasteiger partial charge < -0.3 is 5.32 Å². The van der Waals surface area contributed by atoms with Crippen LogP contribution in [0.1, 0.15) is 38.4 Å². The Morgan fingerprint density at radius 1 is 0.967 bits per heavy atom. The van der Waals surface area contributed by atoms with Gasteiger partial charge in [-0.3, -0.25) is 4.79 Å². The number of nitrogens with one attached hydrogen (secondary N) is 1. The van der Waals surface area contributed by atoms with E-state index in [-0.39, 0.29) is 5.91 Å². The molecule has 0 radical (unpaired) electrons. The maximum atomic E-state index is 12.7. The fourth-order valence-corrected chi connectivity index (χ4v) is 3.67. The van der Waals surface area contributed by atoms with Gasteiger partial charge in [-0.05, 0) is 54.8 Å². The lowest BCUT2D eigenvalue weighted by molar-refractivity contribution is 0.0952. The van der Waals surface area contributed by atoms with Crippen LogP contribution < -0.4 is 5.32 Å². The fraction of sp³-hybridized carbons (Fsp3) is 0.174. The average molecular weight is 439 g/mol. The minimum absolute atomic E-state index is 0.211. The highest BCUT2D eigenvalue weighted by atomic mass is 35.5. The Hall–Kier alpha value is -2.89. The molecule has 30 heavy (non-hydrogen) atoms. The van der Waals surface area contributed by atoms with Crippen LogP contribution in [0.15, 0.2) is 54.7 Å². The number of aromatic nitrogens is 3. The molecule has 0 bridgehead atoms. The zero-order chi connectivity index (χ0) is 21.3. The monoisotopic (exact) mass is 438 g/mol. The summed E-state index contributed by atoms with van der Waals surface area (Å²) in [5.41, 5.74) is 6.04. The standard InChI is InChI=1S/C23H20Cl2N4O/c1-14-20(11-16-3-7-18(24)8-4-16)15(2)29-22(28-14)21(13-27-29)23(30)26-12-17-5-9-19(25)10-6-17/h3-10,13H,11-12H2,1-2H3,(H,26,30). The van der Waals surface area contributed by atoms with Gasteiger partial charge in [-0.2, -0.15) is 5.10 Å². The van der Waals surface area contributed by atoms with Gasteiger partial charge in [0.1, 0.15) is 5.56 Å². The van der Waals surface area contributed by atoms with Crippen molar-refractivity contribution >= 4 is 34.8 Å². The molecule has 2 aromatic heterocycles. The summed E-state index contributed by atoms with van der Waals surface area (Å²) in [5.74, 6) is -0.211. The number of halogens is 2. The summed E-state index contributed by atoms with van der Waals surface area (Å²) < 4.78 is 1.73. The number of nitrogens with zero attached hydrogens (tertiary/aromatic N) is 3. The highest BCUT2D eigenvalue weighted by Gasteiger charge is 2.18. The molecule has 0 saturated heterocycles. The number of fused-ring (bicyclic) bond motifs is 1. The Balaban J connectivity index is 1.59. The van der Waals surface area contributed by atoms with Gasteiger partial charge in [-0.25, -0.2) is 9.50 Å². The topological polar surface area (TPSA) is 59.3 Å². The number of hydrogen-bond acceptors (Lipinski definition) is 3. The van der Waals surface area contributed by atoms with Crippen LogP contribution in [0.2, 0.25) is 10.0 Å². The smallest absolute Gasteiger partial charge is 0.257 e. The summed E-state index contributed by atoms with van der Waals surface area (Å²) in [6.07, 6.45) is 2.29. The number of hydrogen-bond donors (Lipinski definition) is 1. The van der Waals surface area contributed by atoms with Crippen LogP contribution in [-0.4, -0.2) is 20.5 Å². The van der Waals surface area contributed by atoms with Gasteiger partial charge in [0.25, 0.3) is 5.91 Å². The molecule has 2 aromatic carbocycles. The molecule has 4 rings (SSSR count). The summed E-state index contributed by atoms with van der Waals surface area (Å²) in [4.78, 5) is 17.4. The van der Waals surface area contributed by atoms with Crippen LogP contribution in [0, 0.1) is 13.8 Å². The zero-order valence-corrected chi connectivity index (χ0v) is 18.1. The third-order valence-electron chi connectivity index (χ3n) is 5.11. The molecule has 4 aromatic rings. The molecule has 0 saturated carbocycles. The molecule has 7 heteroatoms. The first-order valence-electron chi connectivity index (χ1n) is 9.53. The molecule has 0 aliphatic rings. The van der Waals surface area contributed by atoms with Gasteiger partial charge in [-0.1, -0.05) is 47.5 Å². The highest BCUT2D eigenvalue weighted by Crippen LogP contribution is 2.21. The Bertz CT molecular complexity index is 1210. The Morgan fingerprint density at radius 2 is 1.57 bits per heavy atom. The molecule has 1 N–H and O–H groups in total. The summed E-state index contributed by atoms with van der Waals surface area (Å²) in [5, 5.41) is 8.72. The van der Waals surface area contributed by atoms with Gasteiger partial charge in [0.05, 0.1) is 6.20 Å². The summed E-state index contributed by atoms with van der Waals surface area (Å²) in [7, 11) is 0. The number of aryl methyl sites for hydroxylation is 2. The van der Waals surface area contributed by atoms with Crippen molar-refractivity contribution in [2.45, 2.75) is 26.8 Å². The molecular weight excluding hydrogens is 419 g/mol. The number of carbonyl (C=O) groups is 1. The predicted molar refractivity (Wildman–Crippen MR) is 119 cm³/mol. The van der Waals surface area contributed by atoms with E-state index in [1.54, 1.807) is 22.8 Å². The van der Waals surface area contributed by atoms with Crippen molar-refractivity contribution in [3.8, 4) is 0 Å². The van der Waals surface area contributed by atoms with E-state index < -0.39 is 0 Å². The largest absolute Gasteiger partial charge is 0.348 e. The van der Waals surface area contributed by atoms with Crippen molar-refractivity contribution in [2.24, 2.45) is 0 Å². The van der Waals surface area contributed by atoms with Crippen molar-refractivity contribution in [3.63, 3.8) is 0 Å². The summed E-state index contributed by atoms with van der Waals surface area (Å²) in [6.45, 7) is 4.36. The molecule has 5 nitrogen and oxygen atoms in total. The third-order valence-corrected chi connectivity index (χ3v) is 5.62. The first kappa shape index (κ1) is 20.4. The summed E-state index contributed by atoms with van der Waals surface area (Å²) >= 11 is 11.9. The third kappa shape index (κ3) is 4.18. The predicted octanol–water partition coefficient (Wildman–Crippen LogP) is 5.17. The van der Waals surface area contributed by atoms with E-state index in [9.17, 15) is 4.79 Å². The molecule has 152 valence electrons. The lowest BCUT2D eigenvalue weighted by atomic mass is 10.0. The Labute approximate surface area is 184 Å². The van der Waals surface area contributed by atoms with E-state index in [0.717, 1.165) is 34.5 Å². The maximum Gasteiger partial charge on any atom is 0.257 e. The first-order chi connectivity index (χ1) is 14.4. The first-order valence-corrected chi connectivity index (χ1v) is 10.3. The number of benzene rings is 2. The molecule has 0 atom stereocenters. The molecular formula is C23H20Cl2N4O. The SMILES string of the molecule is Cc1nc2c(C(=O)NCc3ccc(Cl)cc3)cnn2c(C)c1Cc1ccc(Cl)cc1. The van der Waals surface area contributed by atoms with E-state index in [0.29, 0.717) is 27.8 Å². The van der Waals surface area contributed by atoms with Gasteiger partial charge in [0.2, 0.25) is 0 Å². The van der Waals surface area contributed by atoms with Gasteiger partial charge in [0, 0.05) is 34.4 Å². The second-order valence-electron chi connectivity index (χ2n) is 7.17. The highest BCUT2D eigenvalue weighted by molar-refractivity contribution is 6.30. The van der Waals surface area contributed by atoms with Crippen LogP contribution in [0.25, 0.3) is 5.65 Å². The minimum Gasteiger partial charge on any atom is -0.348 e. The second kappa shape index (κ2) is 8.46. The Kier molecular flexibility index (Phi) is 5.75. The molecule has 0 fully saturated rings. The maximum absolute atomic E-state index is 12.7. The molecule has 1 amide bonds. The fourth-order valence-electron chi connectivity index (χ4n) is 3.41. The number of amides is 1. The van der Waals surface area contributed by atoms with Crippen LogP contribution >= 0.6 is 23.2 Å². The quantitative estimate of drug-likeness (QED) is 0.467. The molecule has 0 aliphatic carbocycles. The Morgan fingerprint density at radius 3 is 2.20 bits per heavy atom. The van der Waals surface area contributed by atoms with Crippen molar-refractivity contribution in [1.82, 2.24) is 19.9 Å². The van der Waals surface area contributed by atoms with E-state index >= 15 is 0 Å². The van der Waals surface area contributed by atoms with E-state index in [2.05, 4.69) is 10.4 Å². The number of rotatable bonds is 5. The average Bonchev–Trinajstić information content (AvgIpc) is 3.16. The number of carbonyl (C=O) groups excluding carboxylic acids is 1. The minimum atomic E-state index is -0.211. The van der Waals surface area contributed by atoms with E-state index in [1.165, 1.54) is 0 Å². The molecule has 0 spiro atoms. The molecule has 0 unspecified atom stereocenters. The van der Waals surface area contributed by atoms with Gasteiger partial charge >= 0.3 is 0 Å². The van der Waals surface area contributed by atoms with Crippen LogP contribution in [-0.2, 0) is 13.0 Å². The second-order valence-corrected chi connectivity index (χ2v) is 8.04. The normalized spacial score (nSPS) is 11.1. The van der Waals surface area contributed by atoms with E-state index in [1.807, 2.05) is 50.2 Å². The molecule has 0 aliphatic heterocycles. The van der Waals surface area contributed by atoms with E-state index in [4.69, 9.17) is 28.2 Å². The molecule has 2 heterocycles. The summed E-state index contributed by atoms with van der Waals surface area (Å²) in [6, 6.07) is 15.1. The zero-order valence-electron chi connectivity index (χ0n) is 16.6. The van der Waals surface area contributed by atoms with Gasteiger partial charge in [0.15, 0.2) is 5.65 Å². The van der Waals surface area contributed by atoms with Crippen molar-refractivity contribution in [1.29, 1.82) is 0 Å². The van der Waals surface area contributed by atoms with Crippen LogP contribution in [0.5, 0.6) is 0 Å². The van der Waals surface area contributed by atoms with Crippen molar-refractivity contribution in [2.75, 3.05) is 0 Å². The van der Waals surface area contributed by atoms with Crippen LogP contribution in [0.4, 0.5) is 0 Å². The van der Waals surface area contributed by atoms with Crippen molar-refractivity contribution < 1.29 is 4.79 Å². The lowest BCUT2D eigenvalue weighted by Crippen LogP contribution is -2.23. The lowest BCUT2D eigenvalue weighted by Gasteiger charge is -2.12. The van der Waals surface area contributed by atoms with Crippen LogP contribution in [0.3, 0.4) is 0 Å².